The van der Waals surface area contributed by atoms with Crippen molar-refractivity contribution in [2.45, 2.75) is 19.8 Å². The third-order valence-corrected chi connectivity index (χ3v) is 4.73. The number of carbonyl (C=O) groups excluding carboxylic acids is 3. The van der Waals surface area contributed by atoms with E-state index in [2.05, 4.69) is 5.32 Å². The fourth-order valence-corrected chi connectivity index (χ4v) is 3.38. The number of nitrogens with zero attached hydrogens (tertiary/aromatic N) is 1. The highest BCUT2D eigenvalue weighted by atomic mass is 16.5. The minimum atomic E-state index is -0.362. The van der Waals surface area contributed by atoms with Crippen LogP contribution >= 0.6 is 0 Å². The van der Waals surface area contributed by atoms with Crippen LogP contribution in [0.15, 0.2) is 36.4 Å². The highest BCUT2D eigenvalue weighted by Crippen LogP contribution is 2.34. The van der Waals surface area contributed by atoms with Gasteiger partial charge in [-0.1, -0.05) is 12.2 Å². The molecule has 3 rings (SSSR count). The first kappa shape index (κ1) is 18.9. The molecule has 1 fully saturated rings. The molecule has 3 amide bonds. The number of hydrogen-bond acceptors (Lipinski definition) is 5. The molecule has 0 saturated carbocycles. The second-order valence-corrected chi connectivity index (χ2v) is 6.52. The predicted molar refractivity (Wildman–Crippen MR) is 98.2 cm³/mol. The molecule has 0 aromatic heterocycles. The highest BCUT2D eigenvalue weighted by Gasteiger charge is 2.47. The number of carbonyl (C=O) groups is 3. The molecule has 1 aromatic carbocycles. The Morgan fingerprint density at radius 1 is 1.04 bits per heavy atom. The Kier molecular flexibility index (Phi) is 6.11. The number of nitrogens with one attached hydrogen (secondary N) is 1. The number of hydrogen-bond donors (Lipinski definition) is 1. The molecule has 2 atom stereocenters. The first-order valence-electron chi connectivity index (χ1n) is 9.22. The lowest BCUT2D eigenvalue weighted by Gasteiger charge is -2.14. The van der Waals surface area contributed by atoms with Crippen molar-refractivity contribution in [3.8, 4) is 11.5 Å². The summed E-state index contributed by atoms with van der Waals surface area (Å²) >= 11 is 0. The zero-order chi connectivity index (χ0) is 19.2. The van der Waals surface area contributed by atoms with E-state index >= 15 is 0 Å². The number of amides is 3. The maximum absolute atomic E-state index is 12.3. The molecule has 0 radical (unpaired) electrons. The Balaban J connectivity index is 1.40. The van der Waals surface area contributed by atoms with E-state index in [4.69, 9.17) is 9.47 Å². The largest absolute Gasteiger partial charge is 0.494 e. The van der Waals surface area contributed by atoms with Crippen molar-refractivity contribution in [2.24, 2.45) is 11.8 Å². The lowest BCUT2D eigenvalue weighted by atomic mass is 9.85. The van der Waals surface area contributed by atoms with Gasteiger partial charge in [-0.05, 0) is 44.0 Å². The molecule has 7 nitrogen and oxygen atoms in total. The number of likely N-dealkylation sites (tertiary alicyclic amines) is 1. The molecule has 1 aliphatic carbocycles. The van der Waals surface area contributed by atoms with Crippen molar-refractivity contribution in [1.29, 1.82) is 0 Å². The Morgan fingerprint density at radius 2 is 1.59 bits per heavy atom. The lowest BCUT2D eigenvalue weighted by Crippen LogP contribution is -2.42. The van der Waals surface area contributed by atoms with Crippen molar-refractivity contribution in [1.82, 2.24) is 10.2 Å². The van der Waals surface area contributed by atoms with Crippen LogP contribution < -0.4 is 14.8 Å². The molecule has 144 valence electrons. The summed E-state index contributed by atoms with van der Waals surface area (Å²) in [7, 11) is 0. The van der Waals surface area contributed by atoms with Crippen LogP contribution in [0.5, 0.6) is 11.5 Å². The maximum atomic E-state index is 12.3. The lowest BCUT2D eigenvalue weighted by molar-refractivity contribution is -0.143. The second kappa shape index (κ2) is 8.70. The van der Waals surface area contributed by atoms with Gasteiger partial charge in [0.1, 0.15) is 24.7 Å². The maximum Gasteiger partial charge on any atom is 0.240 e. The van der Waals surface area contributed by atoms with Crippen LogP contribution in [0, 0.1) is 11.8 Å². The monoisotopic (exact) mass is 372 g/mol. The van der Waals surface area contributed by atoms with E-state index in [1.54, 1.807) is 12.1 Å². The summed E-state index contributed by atoms with van der Waals surface area (Å²) in [6.45, 7) is 2.87. The summed E-state index contributed by atoms with van der Waals surface area (Å²) < 4.78 is 10.9. The fraction of sp³-hybridized carbons (Fsp3) is 0.450. The summed E-state index contributed by atoms with van der Waals surface area (Å²) in [4.78, 5) is 37.8. The number of allylic oxidation sites excluding steroid dienone is 2. The summed E-state index contributed by atoms with van der Waals surface area (Å²) in [6, 6.07) is 7.22. The number of fused-ring (bicyclic) bond motifs is 1. The van der Waals surface area contributed by atoms with Gasteiger partial charge in [-0.25, -0.2) is 0 Å². The van der Waals surface area contributed by atoms with Gasteiger partial charge in [-0.3, -0.25) is 19.3 Å². The van der Waals surface area contributed by atoms with Crippen LogP contribution in [-0.2, 0) is 14.4 Å². The predicted octanol–water partition coefficient (Wildman–Crippen LogP) is 1.53. The Bertz CT molecular complexity index is 702. The van der Waals surface area contributed by atoms with Gasteiger partial charge in [-0.2, -0.15) is 0 Å². The fourth-order valence-electron chi connectivity index (χ4n) is 3.38. The van der Waals surface area contributed by atoms with E-state index < -0.39 is 0 Å². The molecule has 1 N–H and O–H groups in total. The van der Waals surface area contributed by atoms with Crippen molar-refractivity contribution < 1.29 is 23.9 Å². The molecule has 0 spiro atoms. The van der Waals surface area contributed by atoms with Gasteiger partial charge in [0.25, 0.3) is 0 Å². The van der Waals surface area contributed by atoms with Crippen molar-refractivity contribution in [3.63, 3.8) is 0 Å². The molecular weight excluding hydrogens is 348 g/mol. The van der Waals surface area contributed by atoms with Gasteiger partial charge in [-0.15, -0.1) is 0 Å². The average Bonchev–Trinajstić information content (AvgIpc) is 2.92. The van der Waals surface area contributed by atoms with Crippen molar-refractivity contribution >= 4 is 17.7 Å². The Morgan fingerprint density at radius 3 is 2.15 bits per heavy atom. The number of rotatable bonds is 8. The average molecular weight is 372 g/mol. The smallest absolute Gasteiger partial charge is 0.240 e. The third kappa shape index (κ3) is 4.48. The van der Waals surface area contributed by atoms with Gasteiger partial charge in [0.15, 0.2) is 0 Å². The molecule has 1 heterocycles. The number of ether oxygens (including phenoxy) is 2. The summed E-state index contributed by atoms with van der Waals surface area (Å²) in [5.74, 6) is -0.0106. The summed E-state index contributed by atoms with van der Waals surface area (Å²) in [5, 5.41) is 2.68. The zero-order valence-corrected chi connectivity index (χ0v) is 15.3. The normalized spacial score (nSPS) is 21.1. The van der Waals surface area contributed by atoms with Crippen molar-refractivity contribution in [3.05, 3.63) is 36.4 Å². The molecule has 7 heteroatoms. The van der Waals surface area contributed by atoms with E-state index in [0.717, 1.165) is 10.6 Å². The molecule has 0 bridgehead atoms. The van der Waals surface area contributed by atoms with E-state index in [9.17, 15) is 14.4 Å². The van der Waals surface area contributed by atoms with Crippen LogP contribution in [0.25, 0.3) is 0 Å². The highest BCUT2D eigenvalue weighted by molar-refractivity contribution is 6.07. The third-order valence-electron chi connectivity index (χ3n) is 4.73. The molecule has 1 aliphatic heterocycles. The number of benzene rings is 1. The van der Waals surface area contributed by atoms with Crippen LogP contribution in [-0.4, -0.2) is 48.9 Å². The van der Waals surface area contributed by atoms with Gasteiger partial charge in [0.2, 0.25) is 17.7 Å². The quantitative estimate of drug-likeness (QED) is 0.425. The molecule has 2 aliphatic rings. The van der Waals surface area contributed by atoms with Crippen molar-refractivity contribution in [2.75, 3.05) is 26.3 Å². The Hall–Kier alpha value is -2.83. The summed E-state index contributed by atoms with van der Waals surface area (Å²) in [6.07, 6.45) is 4.99. The minimum Gasteiger partial charge on any atom is -0.494 e. The molecule has 1 aromatic rings. The van der Waals surface area contributed by atoms with Gasteiger partial charge >= 0.3 is 0 Å². The van der Waals surface area contributed by atoms with Crippen LogP contribution in [0.4, 0.5) is 0 Å². The van der Waals surface area contributed by atoms with E-state index in [1.807, 2.05) is 31.2 Å². The SMILES string of the molecule is CCOc1ccc(OCCNC(=O)CN2C(=O)[C@@H]3CC=CC[C@H]3C2=O)cc1. The van der Waals surface area contributed by atoms with E-state index in [1.165, 1.54) is 0 Å². The van der Waals surface area contributed by atoms with Crippen LogP contribution in [0.1, 0.15) is 19.8 Å². The first-order valence-corrected chi connectivity index (χ1v) is 9.22. The van der Waals surface area contributed by atoms with E-state index in [0.29, 0.717) is 25.2 Å². The number of imide groups is 1. The second-order valence-electron chi connectivity index (χ2n) is 6.52. The molecule has 27 heavy (non-hydrogen) atoms. The minimum absolute atomic E-state index is 0.228. The van der Waals surface area contributed by atoms with Crippen LogP contribution in [0.3, 0.4) is 0 Å². The topological polar surface area (TPSA) is 84.9 Å². The molecule has 0 unspecified atom stereocenters. The van der Waals surface area contributed by atoms with Crippen LogP contribution in [0.2, 0.25) is 0 Å². The zero-order valence-electron chi connectivity index (χ0n) is 15.3. The first-order chi connectivity index (χ1) is 13.1. The van der Waals surface area contributed by atoms with Gasteiger partial charge in [0.05, 0.1) is 25.0 Å². The standard InChI is InChI=1S/C20H24N2O5/c1-2-26-14-7-9-15(10-8-14)27-12-11-21-18(23)13-22-19(24)16-5-3-4-6-17(16)20(22)25/h3-4,7-10,16-17H,2,5-6,11-13H2,1H3,(H,21,23)/t16-,17-/m1/s1. The summed E-state index contributed by atoms with van der Waals surface area (Å²) in [5.41, 5.74) is 0. The Labute approximate surface area is 158 Å². The van der Waals surface area contributed by atoms with Gasteiger partial charge < -0.3 is 14.8 Å². The molecular formula is C20H24N2O5. The molecule has 1 saturated heterocycles. The van der Waals surface area contributed by atoms with E-state index in [-0.39, 0.29) is 49.3 Å². The van der Waals surface area contributed by atoms with Gasteiger partial charge in [0, 0.05) is 0 Å².